The Morgan fingerprint density at radius 3 is 2.59 bits per heavy atom. The average Bonchev–Trinajstić information content (AvgIpc) is 3.51. The Morgan fingerprint density at radius 1 is 1.12 bits per heavy atom. The minimum absolute atomic E-state index is 0.0196. The molecule has 176 valence electrons. The molecule has 0 spiro atoms. The van der Waals surface area contributed by atoms with Crippen molar-refractivity contribution in [3.8, 4) is 17.2 Å². The van der Waals surface area contributed by atoms with Gasteiger partial charge in [0.2, 0.25) is 11.8 Å². The highest BCUT2D eigenvalue weighted by molar-refractivity contribution is 6.00. The Balaban J connectivity index is 1.18. The van der Waals surface area contributed by atoms with E-state index in [9.17, 15) is 9.59 Å². The van der Waals surface area contributed by atoms with E-state index >= 15 is 0 Å². The summed E-state index contributed by atoms with van der Waals surface area (Å²) in [5.41, 5.74) is 2.85. The maximum absolute atomic E-state index is 13.2. The highest BCUT2D eigenvalue weighted by atomic mass is 16.5. The van der Waals surface area contributed by atoms with Crippen LogP contribution in [0.15, 0.2) is 53.1 Å². The topological polar surface area (TPSA) is 88.8 Å². The molecule has 0 saturated carbocycles. The fourth-order valence-electron chi connectivity index (χ4n) is 4.80. The first-order chi connectivity index (χ1) is 16.5. The number of aromatic nitrogens is 2. The number of piperidine rings is 1. The fraction of sp³-hybridized carbons (Fsp3) is 0.385. The second kappa shape index (κ2) is 9.29. The lowest BCUT2D eigenvalue weighted by molar-refractivity contribution is -0.136. The second-order valence-corrected chi connectivity index (χ2v) is 9.03. The first kappa shape index (κ1) is 22.1. The molecule has 0 bridgehead atoms. The molecule has 2 saturated heterocycles. The third-order valence-corrected chi connectivity index (χ3v) is 6.74. The SMILES string of the molecule is COc1ccc(N2C[C@@H](C(=O)N3CCC(c4noc(-c5cccc(C)c5)n4)CC3)CC2=O)cc1. The summed E-state index contributed by atoms with van der Waals surface area (Å²) in [5.74, 6) is 1.84. The van der Waals surface area contributed by atoms with Gasteiger partial charge < -0.3 is 19.1 Å². The molecule has 3 aromatic rings. The molecule has 0 unspecified atom stereocenters. The number of ether oxygens (including phenoxy) is 1. The Labute approximate surface area is 198 Å². The van der Waals surface area contributed by atoms with Gasteiger partial charge in [-0.1, -0.05) is 22.9 Å². The van der Waals surface area contributed by atoms with Crippen molar-refractivity contribution in [1.29, 1.82) is 0 Å². The highest BCUT2D eigenvalue weighted by Gasteiger charge is 2.38. The summed E-state index contributed by atoms with van der Waals surface area (Å²) in [6.45, 7) is 3.70. The van der Waals surface area contributed by atoms with Crippen LogP contribution in [0.2, 0.25) is 0 Å². The van der Waals surface area contributed by atoms with Crippen LogP contribution in [0.1, 0.15) is 36.6 Å². The van der Waals surface area contributed by atoms with Gasteiger partial charge in [0.1, 0.15) is 5.75 Å². The van der Waals surface area contributed by atoms with Crippen molar-refractivity contribution in [3.63, 3.8) is 0 Å². The van der Waals surface area contributed by atoms with Crippen molar-refractivity contribution in [3.05, 3.63) is 59.9 Å². The Bertz CT molecular complexity index is 1180. The van der Waals surface area contributed by atoms with E-state index in [1.54, 1.807) is 12.0 Å². The third kappa shape index (κ3) is 4.40. The monoisotopic (exact) mass is 460 g/mol. The number of hydrogen-bond donors (Lipinski definition) is 0. The molecule has 0 radical (unpaired) electrons. The van der Waals surface area contributed by atoms with Crippen LogP contribution in [-0.2, 0) is 9.59 Å². The van der Waals surface area contributed by atoms with Gasteiger partial charge in [0.05, 0.1) is 13.0 Å². The molecule has 2 aliphatic rings. The van der Waals surface area contributed by atoms with Gasteiger partial charge in [-0.05, 0) is 56.2 Å². The maximum atomic E-state index is 13.2. The first-order valence-electron chi connectivity index (χ1n) is 11.7. The summed E-state index contributed by atoms with van der Waals surface area (Å²) in [6, 6.07) is 15.3. The number of anilines is 1. The minimum atomic E-state index is -0.316. The average molecular weight is 461 g/mol. The molecule has 2 aromatic carbocycles. The summed E-state index contributed by atoms with van der Waals surface area (Å²) >= 11 is 0. The molecule has 1 atom stereocenters. The summed E-state index contributed by atoms with van der Waals surface area (Å²) in [4.78, 5) is 34.0. The fourth-order valence-corrected chi connectivity index (χ4v) is 4.80. The Kier molecular flexibility index (Phi) is 6.04. The molecular weight excluding hydrogens is 432 g/mol. The van der Waals surface area contributed by atoms with Crippen molar-refractivity contribution in [2.45, 2.75) is 32.1 Å². The first-order valence-corrected chi connectivity index (χ1v) is 11.7. The lowest BCUT2D eigenvalue weighted by Gasteiger charge is -2.32. The van der Waals surface area contributed by atoms with Crippen molar-refractivity contribution < 1.29 is 18.8 Å². The smallest absolute Gasteiger partial charge is 0.257 e. The predicted octanol–water partition coefficient (Wildman–Crippen LogP) is 3.81. The molecule has 3 heterocycles. The second-order valence-electron chi connectivity index (χ2n) is 9.03. The van der Waals surface area contributed by atoms with Gasteiger partial charge in [-0.15, -0.1) is 0 Å². The number of carbonyl (C=O) groups is 2. The quantitative estimate of drug-likeness (QED) is 0.575. The highest BCUT2D eigenvalue weighted by Crippen LogP contribution is 2.31. The van der Waals surface area contributed by atoms with E-state index < -0.39 is 0 Å². The van der Waals surface area contributed by atoms with E-state index in [0.29, 0.717) is 31.3 Å². The Hall–Kier alpha value is -3.68. The van der Waals surface area contributed by atoms with Crippen molar-refractivity contribution in [2.75, 3.05) is 31.6 Å². The number of benzene rings is 2. The van der Waals surface area contributed by atoms with Crippen molar-refractivity contribution >= 4 is 17.5 Å². The van der Waals surface area contributed by atoms with Gasteiger partial charge in [-0.25, -0.2) is 0 Å². The maximum Gasteiger partial charge on any atom is 0.257 e. The van der Waals surface area contributed by atoms with Gasteiger partial charge in [0.25, 0.3) is 5.89 Å². The van der Waals surface area contributed by atoms with Gasteiger partial charge in [-0.2, -0.15) is 4.98 Å². The van der Waals surface area contributed by atoms with Crippen LogP contribution in [0, 0.1) is 12.8 Å². The lowest BCUT2D eigenvalue weighted by atomic mass is 9.95. The molecule has 0 aliphatic carbocycles. The number of nitrogens with zero attached hydrogens (tertiary/aromatic N) is 4. The van der Waals surface area contributed by atoms with Crippen LogP contribution in [0.3, 0.4) is 0 Å². The molecule has 5 rings (SSSR count). The van der Waals surface area contributed by atoms with Gasteiger partial charge in [-0.3, -0.25) is 9.59 Å². The molecule has 8 heteroatoms. The number of carbonyl (C=O) groups excluding carboxylic acids is 2. The van der Waals surface area contributed by atoms with Gasteiger partial charge in [0.15, 0.2) is 5.82 Å². The summed E-state index contributed by atoms with van der Waals surface area (Å²) in [5, 5.41) is 4.21. The van der Waals surface area contributed by atoms with Crippen LogP contribution in [-0.4, -0.2) is 53.6 Å². The van der Waals surface area contributed by atoms with Crippen LogP contribution in [0.5, 0.6) is 5.75 Å². The van der Waals surface area contributed by atoms with E-state index in [2.05, 4.69) is 10.1 Å². The molecule has 34 heavy (non-hydrogen) atoms. The zero-order valence-electron chi connectivity index (χ0n) is 19.4. The number of amides is 2. The third-order valence-electron chi connectivity index (χ3n) is 6.74. The molecular formula is C26H28N4O4. The van der Waals surface area contributed by atoms with Crippen LogP contribution in [0.25, 0.3) is 11.5 Å². The van der Waals surface area contributed by atoms with Gasteiger partial charge in [0, 0.05) is 43.2 Å². The van der Waals surface area contributed by atoms with E-state index in [-0.39, 0.29) is 30.1 Å². The van der Waals surface area contributed by atoms with Crippen molar-refractivity contribution in [1.82, 2.24) is 15.0 Å². The van der Waals surface area contributed by atoms with E-state index in [0.717, 1.165) is 35.4 Å². The summed E-state index contributed by atoms with van der Waals surface area (Å²) in [7, 11) is 1.61. The van der Waals surface area contributed by atoms with E-state index in [4.69, 9.17) is 9.26 Å². The largest absolute Gasteiger partial charge is 0.497 e. The number of aryl methyl sites for hydroxylation is 1. The lowest BCUT2D eigenvalue weighted by Crippen LogP contribution is -2.42. The molecule has 8 nitrogen and oxygen atoms in total. The molecule has 2 aliphatic heterocycles. The van der Waals surface area contributed by atoms with Crippen molar-refractivity contribution in [2.24, 2.45) is 5.92 Å². The molecule has 2 amide bonds. The summed E-state index contributed by atoms with van der Waals surface area (Å²) < 4.78 is 10.7. The number of rotatable bonds is 5. The van der Waals surface area contributed by atoms with E-state index in [1.165, 1.54) is 0 Å². The standard InChI is InChI=1S/C26H28N4O4/c1-17-4-3-5-19(14-17)25-27-24(28-34-25)18-10-12-29(13-11-18)26(32)20-15-23(31)30(16-20)21-6-8-22(33-2)9-7-21/h3-9,14,18,20H,10-13,15-16H2,1-2H3/t20-/m0/s1. The zero-order chi connectivity index (χ0) is 23.7. The zero-order valence-corrected chi connectivity index (χ0v) is 19.4. The van der Waals surface area contributed by atoms with Crippen LogP contribution < -0.4 is 9.64 Å². The van der Waals surface area contributed by atoms with Gasteiger partial charge >= 0.3 is 0 Å². The van der Waals surface area contributed by atoms with Crippen LogP contribution in [0.4, 0.5) is 5.69 Å². The molecule has 1 aromatic heterocycles. The molecule has 2 fully saturated rings. The number of methoxy groups -OCH3 is 1. The summed E-state index contributed by atoms with van der Waals surface area (Å²) in [6.07, 6.45) is 1.80. The predicted molar refractivity (Wildman–Crippen MR) is 126 cm³/mol. The number of hydrogen-bond acceptors (Lipinski definition) is 6. The van der Waals surface area contributed by atoms with E-state index in [1.807, 2.05) is 60.4 Å². The number of likely N-dealkylation sites (tertiary alicyclic amines) is 1. The normalized spacial score (nSPS) is 19.0. The van der Waals surface area contributed by atoms with Crippen LogP contribution >= 0.6 is 0 Å². The Morgan fingerprint density at radius 2 is 1.88 bits per heavy atom. The minimum Gasteiger partial charge on any atom is -0.497 e. The molecule has 0 N–H and O–H groups in total.